The molecule has 0 aliphatic carbocycles. The number of carbonyl (C=O) groups excluding carboxylic acids is 2. The number of nitrogens with zero attached hydrogens (tertiary/aromatic N) is 1. The molecule has 3 rings (SSSR count). The summed E-state index contributed by atoms with van der Waals surface area (Å²) < 4.78 is 11.0. The summed E-state index contributed by atoms with van der Waals surface area (Å²) in [6, 6.07) is 13.8. The van der Waals surface area contributed by atoms with E-state index in [1.165, 1.54) is 7.11 Å². The fourth-order valence-corrected chi connectivity index (χ4v) is 3.63. The predicted octanol–water partition coefficient (Wildman–Crippen LogP) is 2.86. The zero-order chi connectivity index (χ0) is 21.7. The molecule has 7 heteroatoms. The second-order valence-electron chi connectivity index (χ2n) is 7.70. The van der Waals surface area contributed by atoms with Gasteiger partial charge in [0.05, 0.1) is 25.3 Å². The largest absolute Gasteiger partial charge is 0.496 e. The highest BCUT2D eigenvalue weighted by Gasteiger charge is 2.37. The average molecular weight is 412 g/mol. The first kappa shape index (κ1) is 21.8. The van der Waals surface area contributed by atoms with E-state index in [0.29, 0.717) is 23.5 Å². The van der Waals surface area contributed by atoms with Gasteiger partial charge in [0.2, 0.25) is 5.91 Å². The van der Waals surface area contributed by atoms with Crippen molar-refractivity contribution < 1.29 is 24.2 Å². The number of hydrogen-bond donors (Lipinski definition) is 2. The van der Waals surface area contributed by atoms with Crippen LogP contribution >= 0.6 is 0 Å². The lowest BCUT2D eigenvalue weighted by atomic mass is 9.98. The van der Waals surface area contributed by atoms with Crippen LogP contribution in [0.25, 0.3) is 0 Å². The molecular formula is C23H28N2O5. The van der Waals surface area contributed by atoms with Gasteiger partial charge >= 0.3 is 0 Å². The molecule has 2 atom stereocenters. The summed E-state index contributed by atoms with van der Waals surface area (Å²) in [5, 5.41) is 12.8. The first-order valence-electron chi connectivity index (χ1n) is 10.0. The number of carbonyl (C=O) groups is 2. The lowest BCUT2D eigenvalue weighted by molar-refractivity contribution is -0.161. The molecule has 2 amide bonds. The van der Waals surface area contributed by atoms with Crippen molar-refractivity contribution in [3.8, 4) is 5.75 Å². The number of hydrogen-bond acceptors (Lipinski definition) is 5. The second kappa shape index (κ2) is 9.73. The van der Waals surface area contributed by atoms with E-state index < -0.39 is 12.1 Å². The summed E-state index contributed by atoms with van der Waals surface area (Å²) in [7, 11) is 1.52. The van der Waals surface area contributed by atoms with Crippen LogP contribution in [0.3, 0.4) is 0 Å². The summed E-state index contributed by atoms with van der Waals surface area (Å²) >= 11 is 0. The Kier molecular flexibility index (Phi) is 7.07. The van der Waals surface area contributed by atoms with E-state index in [4.69, 9.17) is 9.47 Å². The second-order valence-corrected chi connectivity index (χ2v) is 7.70. The van der Waals surface area contributed by atoms with Crippen molar-refractivity contribution in [1.29, 1.82) is 0 Å². The van der Waals surface area contributed by atoms with Crippen LogP contribution in [-0.4, -0.2) is 54.7 Å². The summed E-state index contributed by atoms with van der Waals surface area (Å²) in [6.07, 6.45) is -0.426. The quantitative estimate of drug-likeness (QED) is 0.730. The number of amides is 2. The maximum absolute atomic E-state index is 12.6. The fourth-order valence-electron chi connectivity index (χ4n) is 3.63. The third-order valence-electron chi connectivity index (χ3n) is 5.05. The molecule has 30 heavy (non-hydrogen) atoms. The molecule has 2 aromatic rings. The number of benzene rings is 2. The Morgan fingerprint density at radius 1 is 1.23 bits per heavy atom. The van der Waals surface area contributed by atoms with Gasteiger partial charge in [-0.3, -0.25) is 9.59 Å². The van der Waals surface area contributed by atoms with Gasteiger partial charge in [0, 0.05) is 12.2 Å². The maximum atomic E-state index is 12.6. The number of anilines is 1. The van der Waals surface area contributed by atoms with Crippen LogP contribution in [0.1, 0.15) is 35.9 Å². The van der Waals surface area contributed by atoms with Crippen molar-refractivity contribution in [3.63, 3.8) is 0 Å². The van der Waals surface area contributed by atoms with Crippen LogP contribution in [0.4, 0.5) is 5.69 Å². The van der Waals surface area contributed by atoms with Gasteiger partial charge in [-0.25, -0.2) is 0 Å². The number of morpholine rings is 1. The van der Waals surface area contributed by atoms with Crippen molar-refractivity contribution in [2.24, 2.45) is 5.92 Å². The van der Waals surface area contributed by atoms with Gasteiger partial charge in [-0.05, 0) is 35.7 Å². The highest BCUT2D eigenvalue weighted by Crippen LogP contribution is 2.30. The van der Waals surface area contributed by atoms with Gasteiger partial charge in [0.25, 0.3) is 5.91 Å². The molecule has 2 N–H and O–H groups in total. The number of rotatable bonds is 7. The van der Waals surface area contributed by atoms with Crippen molar-refractivity contribution in [1.82, 2.24) is 4.90 Å². The highest BCUT2D eigenvalue weighted by atomic mass is 16.5. The molecule has 2 unspecified atom stereocenters. The standard InChI is InChI=1S/C23H28N2O5/c1-15(2)12-25-19(13-26)22(30-14-21(25)27)16-8-10-17(11-9-16)24-23(28)18-6-4-5-7-20(18)29-3/h4-11,15,19,22,26H,12-14H2,1-3H3,(H,24,28). The van der Waals surface area contributed by atoms with Gasteiger partial charge < -0.3 is 24.8 Å². The third-order valence-corrected chi connectivity index (χ3v) is 5.05. The predicted molar refractivity (Wildman–Crippen MR) is 114 cm³/mol. The van der Waals surface area contributed by atoms with Crippen LogP contribution in [-0.2, 0) is 9.53 Å². The Bertz CT molecular complexity index is 881. The molecule has 0 saturated carbocycles. The van der Waals surface area contributed by atoms with Crippen LogP contribution in [0.15, 0.2) is 48.5 Å². The molecule has 1 fully saturated rings. The van der Waals surface area contributed by atoms with Gasteiger partial charge in [-0.15, -0.1) is 0 Å². The molecular weight excluding hydrogens is 384 g/mol. The van der Waals surface area contributed by atoms with Gasteiger partial charge in [0.15, 0.2) is 0 Å². The molecule has 7 nitrogen and oxygen atoms in total. The Labute approximate surface area is 176 Å². The zero-order valence-electron chi connectivity index (χ0n) is 17.5. The molecule has 1 aliphatic heterocycles. The van der Waals surface area contributed by atoms with E-state index in [-0.39, 0.29) is 30.9 Å². The topological polar surface area (TPSA) is 88.1 Å². The summed E-state index contributed by atoms with van der Waals surface area (Å²) in [4.78, 5) is 26.5. The Morgan fingerprint density at radius 2 is 1.93 bits per heavy atom. The minimum absolute atomic E-state index is 0.0137. The normalized spacial score (nSPS) is 19.1. The van der Waals surface area contributed by atoms with Crippen molar-refractivity contribution in [2.75, 3.05) is 32.2 Å². The number of para-hydroxylation sites is 1. The number of methoxy groups -OCH3 is 1. The lowest BCUT2D eigenvalue weighted by Crippen LogP contribution is -2.53. The number of nitrogens with one attached hydrogen (secondary N) is 1. The lowest BCUT2D eigenvalue weighted by Gasteiger charge is -2.41. The number of ether oxygens (including phenoxy) is 2. The molecule has 160 valence electrons. The van der Waals surface area contributed by atoms with Crippen molar-refractivity contribution >= 4 is 17.5 Å². The minimum Gasteiger partial charge on any atom is -0.496 e. The molecule has 0 bridgehead atoms. The van der Waals surface area contributed by atoms with Crippen LogP contribution in [0, 0.1) is 5.92 Å². The van der Waals surface area contributed by atoms with E-state index in [1.54, 1.807) is 41.3 Å². The van der Waals surface area contributed by atoms with E-state index in [0.717, 1.165) is 5.56 Å². The summed E-state index contributed by atoms with van der Waals surface area (Å²) in [5.74, 6) is 0.410. The van der Waals surface area contributed by atoms with Crippen LogP contribution < -0.4 is 10.1 Å². The van der Waals surface area contributed by atoms with E-state index >= 15 is 0 Å². The Balaban J connectivity index is 1.74. The maximum Gasteiger partial charge on any atom is 0.259 e. The monoisotopic (exact) mass is 412 g/mol. The molecule has 1 heterocycles. The molecule has 1 saturated heterocycles. The van der Waals surface area contributed by atoms with Crippen molar-refractivity contribution in [2.45, 2.75) is 26.0 Å². The third kappa shape index (κ3) is 4.80. The van der Waals surface area contributed by atoms with Gasteiger partial charge in [-0.2, -0.15) is 0 Å². The molecule has 1 aliphatic rings. The van der Waals surface area contributed by atoms with Gasteiger partial charge in [0.1, 0.15) is 18.5 Å². The number of aliphatic hydroxyl groups excluding tert-OH is 1. The first-order valence-corrected chi connectivity index (χ1v) is 10.0. The smallest absolute Gasteiger partial charge is 0.259 e. The fraction of sp³-hybridized carbons (Fsp3) is 0.391. The zero-order valence-corrected chi connectivity index (χ0v) is 17.5. The minimum atomic E-state index is -0.442. The molecule has 0 aromatic heterocycles. The van der Waals surface area contributed by atoms with Crippen LogP contribution in [0.5, 0.6) is 5.75 Å². The first-order chi connectivity index (χ1) is 14.4. The molecule has 2 aromatic carbocycles. The Morgan fingerprint density at radius 3 is 2.57 bits per heavy atom. The van der Waals surface area contributed by atoms with Crippen molar-refractivity contribution in [3.05, 3.63) is 59.7 Å². The van der Waals surface area contributed by atoms with E-state index in [1.807, 2.05) is 26.0 Å². The Hall–Kier alpha value is -2.90. The number of aliphatic hydroxyl groups is 1. The van der Waals surface area contributed by atoms with Gasteiger partial charge in [-0.1, -0.05) is 38.1 Å². The summed E-state index contributed by atoms with van der Waals surface area (Å²) in [6.45, 7) is 4.43. The van der Waals surface area contributed by atoms with E-state index in [2.05, 4.69) is 5.32 Å². The SMILES string of the molecule is COc1ccccc1C(=O)Nc1ccc(C2OCC(=O)N(CC(C)C)C2CO)cc1. The summed E-state index contributed by atoms with van der Waals surface area (Å²) in [5.41, 5.74) is 1.91. The van der Waals surface area contributed by atoms with Crippen LogP contribution in [0.2, 0.25) is 0 Å². The molecule has 0 spiro atoms. The van der Waals surface area contributed by atoms with E-state index in [9.17, 15) is 14.7 Å². The molecule has 0 radical (unpaired) electrons. The highest BCUT2D eigenvalue weighted by molar-refractivity contribution is 6.06. The average Bonchev–Trinajstić information content (AvgIpc) is 2.75.